The zero-order valence-electron chi connectivity index (χ0n) is 18.9. The first-order valence-electron chi connectivity index (χ1n) is 11.4. The number of carbonyl (C=O) groups is 1. The zero-order chi connectivity index (χ0) is 25.9. The summed E-state index contributed by atoms with van der Waals surface area (Å²) in [6.07, 6.45) is -3.44. The summed E-state index contributed by atoms with van der Waals surface area (Å²) in [6.45, 7) is 0.816. The smallest absolute Gasteiger partial charge is 0.371 e. The molecule has 5 rings (SSSR count). The van der Waals surface area contributed by atoms with Crippen LogP contribution in [0, 0.1) is 5.82 Å². The van der Waals surface area contributed by atoms with E-state index in [0.29, 0.717) is 53.4 Å². The van der Waals surface area contributed by atoms with Gasteiger partial charge in [-0.1, -0.05) is 31.9 Å². The molecule has 1 spiro atoms. The predicted molar refractivity (Wildman–Crippen MR) is 131 cm³/mol. The highest BCUT2D eigenvalue weighted by Gasteiger charge is 2.49. The van der Waals surface area contributed by atoms with Crippen molar-refractivity contribution in [1.82, 2.24) is 10.3 Å². The quantitative estimate of drug-likeness (QED) is 0.323. The molecule has 1 saturated carbocycles. The Kier molecular flexibility index (Phi) is 6.42. The number of amidine groups is 1. The highest BCUT2D eigenvalue weighted by Crippen LogP contribution is 2.47. The molecule has 1 aromatic carbocycles. The molecule has 3 heterocycles. The molecule has 2 fully saturated rings. The Morgan fingerprint density at radius 3 is 2.39 bits per heavy atom. The van der Waals surface area contributed by atoms with Crippen molar-refractivity contribution in [2.45, 2.75) is 54.8 Å². The summed E-state index contributed by atoms with van der Waals surface area (Å²) in [5, 5.41) is 2.99. The molecule has 36 heavy (non-hydrogen) atoms. The number of nitrogens with one attached hydrogen (secondary N) is 1. The molecule has 12 heteroatoms. The first-order valence-corrected chi connectivity index (χ1v) is 13.4. The molecule has 0 atom stereocenters. The molecule has 3 aliphatic rings. The van der Waals surface area contributed by atoms with E-state index in [-0.39, 0.29) is 41.7 Å². The minimum Gasteiger partial charge on any atom is -0.371 e. The maximum atomic E-state index is 15.4. The number of aromatic nitrogens is 1. The number of benzene rings is 1. The van der Waals surface area contributed by atoms with E-state index in [2.05, 4.69) is 47.2 Å². The number of hydrogen-bond acceptors (Lipinski definition) is 4. The van der Waals surface area contributed by atoms with Gasteiger partial charge in [-0.05, 0) is 56.4 Å². The molecule has 192 valence electrons. The van der Waals surface area contributed by atoms with Gasteiger partial charge in [-0.2, -0.15) is 13.2 Å². The molecule has 0 bridgehead atoms. The average Bonchev–Trinajstić information content (AvgIpc) is 3.12. The molecule has 1 N–H and O–H groups in total. The number of amides is 1. The largest absolute Gasteiger partial charge is 0.433 e. The Hall–Kier alpha value is -2.08. The highest BCUT2D eigenvalue weighted by atomic mass is 79.9. The van der Waals surface area contributed by atoms with Crippen LogP contribution in [0.4, 0.5) is 27.6 Å². The lowest BCUT2D eigenvalue weighted by molar-refractivity contribution is -0.141. The lowest BCUT2D eigenvalue weighted by Gasteiger charge is -2.37. The van der Waals surface area contributed by atoms with Crippen LogP contribution in [0.25, 0.3) is 0 Å². The van der Waals surface area contributed by atoms with Gasteiger partial charge in [0.05, 0.1) is 5.69 Å². The van der Waals surface area contributed by atoms with Crippen molar-refractivity contribution in [1.29, 1.82) is 0 Å². The van der Waals surface area contributed by atoms with Gasteiger partial charge in [0, 0.05) is 39.7 Å². The summed E-state index contributed by atoms with van der Waals surface area (Å²) in [4.78, 5) is 23.3. The zero-order valence-corrected chi connectivity index (χ0v) is 22.0. The van der Waals surface area contributed by atoms with Crippen LogP contribution in [0.1, 0.15) is 54.6 Å². The van der Waals surface area contributed by atoms with Gasteiger partial charge in [0.2, 0.25) is 0 Å². The van der Waals surface area contributed by atoms with Crippen molar-refractivity contribution in [2.75, 3.05) is 18.0 Å². The Morgan fingerprint density at radius 2 is 1.81 bits per heavy atom. The van der Waals surface area contributed by atoms with Crippen LogP contribution >= 0.6 is 31.9 Å². The fourth-order valence-electron chi connectivity index (χ4n) is 4.98. The van der Waals surface area contributed by atoms with Crippen molar-refractivity contribution in [2.24, 2.45) is 4.99 Å². The first-order chi connectivity index (χ1) is 17.0. The van der Waals surface area contributed by atoms with E-state index in [0.717, 1.165) is 12.1 Å². The number of anilines is 1. The second kappa shape index (κ2) is 9.04. The third-order valence-corrected chi connectivity index (χ3v) is 8.21. The molecule has 1 aromatic heterocycles. The molecule has 1 saturated heterocycles. The van der Waals surface area contributed by atoms with E-state index >= 15 is 4.39 Å². The summed E-state index contributed by atoms with van der Waals surface area (Å²) in [6, 6.07) is 5.14. The Bertz CT molecular complexity index is 1250. The van der Waals surface area contributed by atoms with Gasteiger partial charge in [0.15, 0.2) is 5.67 Å². The van der Waals surface area contributed by atoms with Crippen LogP contribution in [0.15, 0.2) is 33.7 Å². The maximum Gasteiger partial charge on any atom is 0.433 e. The fourth-order valence-corrected chi connectivity index (χ4v) is 5.95. The third kappa shape index (κ3) is 4.33. The monoisotopic (exact) mass is 634 g/mol. The van der Waals surface area contributed by atoms with Crippen molar-refractivity contribution in [3.63, 3.8) is 0 Å². The van der Waals surface area contributed by atoms with Crippen LogP contribution in [0.5, 0.6) is 0 Å². The predicted octanol–water partition coefficient (Wildman–Crippen LogP) is 6.16. The molecular weight excluding hydrogens is 615 g/mol. The Labute approximate surface area is 220 Å². The normalized spacial score (nSPS) is 20.8. The molecule has 1 amide bonds. The standard InChI is InChI=1S/C24H21Br2F5N4O/c25-12-15-16(27)10-13(26)11-17(15)35-8-6-23(7-9-35)21(36)33-20(34-23)14-2-3-18(24(29,30)31)32-19(14)22(28)4-1-5-22/h2-3,10-11H,1,4-9,12H2,(H,33,34,36). The number of carbonyl (C=O) groups excluding carboxylic acids is 1. The number of pyridine rings is 1. The van der Waals surface area contributed by atoms with Gasteiger partial charge in [-0.25, -0.2) is 13.8 Å². The summed E-state index contributed by atoms with van der Waals surface area (Å²) in [5.41, 5.74) is -3.34. The summed E-state index contributed by atoms with van der Waals surface area (Å²) in [5.74, 6) is -0.692. The number of alkyl halides is 5. The van der Waals surface area contributed by atoms with Gasteiger partial charge < -0.3 is 10.2 Å². The minimum atomic E-state index is -4.72. The SMILES string of the molecule is O=C1NC(c2ccc(C(F)(F)F)nc2C2(F)CCC2)=NC12CCN(c1cc(Br)cc(F)c1CBr)CC2. The molecule has 5 nitrogen and oxygen atoms in total. The minimum absolute atomic E-state index is 0.0447. The average molecular weight is 636 g/mol. The van der Waals surface area contributed by atoms with Crippen LogP contribution in [0.3, 0.4) is 0 Å². The van der Waals surface area contributed by atoms with E-state index in [1.54, 1.807) is 0 Å². The summed E-state index contributed by atoms with van der Waals surface area (Å²) >= 11 is 6.65. The van der Waals surface area contributed by atoms with Crippen molar-refractivity contribution in [3.05, 3.63) is 57.1 Å². The molecule has 1 aliphatic carbocycles. The van der Waals surface area contributed by atoms with Gasteiger partial charge in [-0.3, -0.25) is 9.79 Å². The van der Waals surface area contributed by atoms with Gasteiger partial charge in [0.25, 0.3) is 5.91 Å². The molecule has 2 aromatic rings. The number of aliphatic imine (C=N–C) groups is 1. The van der Waals surface area contributed by atoms with Crippen molar-refractivity contribution < 1.29 is 26.7 Å². The number of halogens is 7. The van der Waals surface area contributed by atoms with Gasteiger partial charge in [0.1, 0.15) is 22.9 Å². The molecule has 0 unspecified atom stereocenters. The first kappa shape index (κ1) is 25.6. The molecule has 2 aliphatic heterocycles. The number of hydrogen-bond donors (Lipinski definition) is 1. The number of nitrogens with zero attached hydrogens (tertiary/aromatic N) is 3. The van der Waals surface area contributed by atoms with Crippen molar-refractivity contribution in [3.8, 4) is 0 Å². The number of piperidine rings is 1. The Morgan fingerprint density at radius 1 is 1.11 bits per heavy atom. The third-order valence-electron chi connectivity index (χ3n) is 7.19. The maximum absolute atomic E-state index is 15.4. The van der Waals surface area contributed by atoms with Crippen LogP contribution in [-0.2, 0) is 22.0 Å². The van der Waals surface area contributed by atoms with E-state index in [4.69, 9.17) is 0 Å². The van der Waals surface area contributed by atoms with E-state index in [1.165, 1.54) is 6.07 Å². The van der Waals surface area contributed by atoms with E-state index < -0.39 is 23.1 Å². The fraction of sp³-hybridized carbons (Fsp3) is 0.458. The topological polar surface area (TPSA) is 57.6 Å². The van der Waals surface area contributed by atoms with E-state index in [1.807, 2.05) is 11.0 Å². The summed E-state index contributed by atoms with van der Waals surface area (Å²) in [7, 11) is 0. The van der Waals surface area contributed by atoms with Crippen LogP contribution in [-0.4, -0.2) is 35.4 Å². The van der Waals surface area contributed by atoms with Crippen molar-refractivity contribution >= 4 is 49.3 Å². The van der Waals surface area contributed by atoms with Crippen LogP contribution < -0.4 is 10.2 Å². The number of rotatable bonds is 4. The molecular formula is C24H21Br2F5N4O. The van der Waals surface area contributed by atoms with Gasteiger partial charge in [-0.15, -0.1) is 0 Å². The second-order valence-electron chi connectivity index (χ2n) is 9.36. The van der Waals surface area contributed by atoms with Crippen LogP contribution in [0.2, 0.25) is 0 Å². The van der Waals surface area contributed by atoms with Gasteiger partial charge >= 0.3 is 6.18 Å². The lowest BCUT2D eigenvalue weighted by Crippen LogP contribution is -2.49. The van der Waals surface area contributed by atoms with E-state index in [9.17, 15) is 22.4 Å². The second-order valence-corrected chi connectivity index (χ2v) is 10.8. The summed E-state index contributed by atoms with van der Waals surface area (Å²) < 4.78 is 70.3. The Balaban J connectivity index is 1.45. The molecule has 0 radical (unpaired) electrons. The highest BCUT2D eigenvalue weighted by molar-refractivity contribution is 9.10. The lowest BCUT2D eigenvalue weighted by atomic mass is 9.77.